The highest BCUT2D eigenvalue weighted by Gasteiger charge is 2.12. The molecule has 3 aromatic carbocycles. The fourth-order valence-corrected chi connectivity index (χ4v) is 3.83. The minimum atomic E-state index is -0.555. The Kier molecular flexibility index (Phi) is 6.29. The van der Waals surface area contributed by atoms with E-state index in [-0.39, 0.29) is 23.8 Å². The summed E-state index contributed by atoms with van der Waals surface area (Å²) in [6.45, 7) is -0.00212. The van der Waals surface area contributed by atoms with Gasteiger partial charge in [-0.1, -0.05) is 29.8 Å². The van der Waals surface area contributed by atoms with Gasteiger partial charge in [0.2, 0.25) is 0 Å². The number of aromatic amines is 1. The highest BCUT2D eigenvalue weighted by molar-refractivity contribution is 6.31. The molecule has 0 atom stereocenters. The summed E-state index contributed by atoms with van der Waals surface area (Å²) in [5, 5.41) is 3.53. The molecule has 178 valence electrons. The molecular weight excluding hydrogens is 482 g/mol. The number of ether oxygens (including phenoxy) is 1. The topological polar surface area (TPSA) is 119 Å². The molecule has 5 rings (SSSR count). The minimum absolute atomic E-state index is 0.00212. The van der Waals surface area contributed by atoms with Gasteiger partial charge in [0, 0.05) is 28.7 Å². The van der Waals surface area contributed by atoms with Gasteiger partial charge in [0.25, 0.3) is 11.5 Å². The van der Waals surface area contributed by atoms with Gasteiger partial charge in [-0.25, -0.2) is 14.8 Å². The van der Waals surface area contributed by atoms with Gasteiger partial charge in [-0.2, -0.15) is 0 Å². The molecule has 0 aliphatic heterocycles. The molecule has 0 spiro atoms. The molecule has 0 saturated heterocycles. The number of aromatic nitrogens is 4. The van der Waals surface area contributed by atoms with E-state index >= 15 is 0 Å². The first-order valence-corrected chi connectivity index (χ1v) is 11.2. The Balaban J connectivity index is 1.42. The molecule has 0 radical (unpaired) electrons. The number of carbonyl (C=O) groups is 1. The number of carbonyl (C=O) groups excluding carboxylic acids is 1. The maximum Gasteiger partial charge on any atom is 0.329 e. The minimum Gasteiger partial charge on any atom is -0.424 e. The van der Waals surface area contributed by atoms with Gasteiger partial charge in [0.1, 0.15) is 5.75 Å². The second kappa shape index (κ2) is 9.85. The molecule has 0 bridgehead atoms. The lowest BCUT2D eigenvalue weighted by Crippen LogP contribution is -2.35. The second-order valence-electron chi connectivity index (χ2n) is 7.83. The first-order chi connectivity index (χ1) is 17.5. The van der Waals surface area contributed by atoms with E-state index in [1.165, 1.54) is 6.07 Å². The third kappa shape index (κ3) is 5.01. The zero-order valence-electron chi connectivity index (χ0n) is 18.6. The molecule has 10 heteroatoms. The van der Waals surface area contributed by atoms with E-state index in [0.717, 1.165) is 4.57 Å². The number of benzene rings is 3. The first-order valence-electron chi connectivity index (χ1n) is 10.8. The van der Waals surface area contributed by atoms with Crippen molar-refractivity contribution in [1.29, 1.82) is 0 Å². The van der Waals surface area contributed by atoms with Crippen LogP contribution in [-0.2, 0) is 6.54 Å². The largest absolute Gasteiger partial charge is 0.424 e. The number of amides is 1. The maximum atomic E-state index is 13.2. The molecule has 2 N–H and O–H groups in total. The Bertz CT molecular complexity index is 1700. The molecule has 0 fully saturated rings. The van der Waals surface area contributed by atoms with Crippen molar-refractivity contribution in [2.45, 2.75) is 6.54 Å². The number of hydrogen-bond donors (Lipinski definition) is 2. The van der Waals surface area contributed by atoms with Crippen molar-refractivity contribution < 1.29 is 9.53 Å². The van der Waals surface area contributed by atoms with Crippen molar-refractivity contribution in [3.63, 3.8) is 0 Å². The molecule has 0 saturated carbocycles. The highest BCUT2D eigenvalue weighted by Crippen LogP contribution is 2.21. The zero-order valence-corrected chi connectivity index (χ0v) is 19.4. The summed E-state index contributed by atoms with van der Waals surface area (Å²) in [4.78, 5) is 49.2. The van der Waals surface area contributed by atoms with E-state index in [4.69, 9.17) is 16.3 Å². The van der Waals surface area contributed by atoms with Gasteiger partial charge >= 0.3 is 11.7 Å². The van der Waals surface area contributed by atoms with Crippen LogP contribution in [0.25, 0.3) is 10.9 Å². The van der Waals surface area contributed by atoms with Gasteiger partial charge < -0.3 is 15.0 Å². The number of hydrogen-bond acceptors (Lipinski definition) is 6. The van der Waals surface area contributed by atoms with Crippen LogP contribution in [0.3, 0.4) is 0 Å². The average Bonchev–Trinajstić information content (AvgIpc) is 2.88. The quantitative estimate of drug-likeness (QED) is 0.361. The normalized spacial score (nSPS) is 10.8. The highest BCUT2D eigenvalue weighted by atomic mass is 35.5. The zero-order chi connectivity index (χ0) is 25.1. The summed E-state index contributed by atoms with van der Waals surface area (Å²) < 4.78 is 6.70. The van der Waals surface area contributed by atoms with Crippen LogP contribution < -0.4 is 21.3 Å². The SMILES string of the molecule is O=C(Nc1cccc(Cn2c(=O)[nH]c3ccc(Oc4ncccn4)cc3c2=O)c1)c1cccc(Cl)c1. The Labute approximate surface area is 209 Å². The lowest BCUT2D eigenvalue weighted by Gasteiger charge is -2.10. The van der Waals surface area contributed by atoms with E-state index < -0.39 is 11.2 Å². The van der Waals surface area contributed by atoms with Crippen LogP contribution in [0.5, 0.6) is 11.8 Å². The van der Waals surface area contributed by atoms with Crippen molar-refractivity contribution >= 4 is 34.1 Å². The second-order valence-corrected chi connectivity index (χ2v) is 8.26. The van der Waals surface area contributed by atoms with Crippen LogP contribution in [0.2, 0.25) is 5.02 Å². The predicted octanol–water partition coefficient (Wildman–Crippen LogP) is 4.23. The third-order valence-corrected chi connectivity index (χ3v) is 5.55. The van der Waals surface area contributed by atoms with Crippen molar-refractivity contribution in [1.82, 2.24) is 19.5 Å². The summed E-state index contributed by atoms with van der Waals surface area (Å²) in [6.07, 6.45) is 3.08. The first kappa shape index (κ1) is 23.0. The smallest absolute Gasteiger partial charge is 0.329 e. The lowest BCUT2D eigenvalue weighted by atomic mass is 10.1. The van der Waals surface area contributed by atoms with E-state index in [0.29, 0.717) is 33.1 Å². The number of fused-ring (bicyclic) bond motifs is 1. The van der Waals surface area contributed by atoms with Crippen molar-refractivity contribution in [3.8, 4) is 11.8 Å². The van der Waals surface area contributed by atoms with Crippen LogP contribution in [0.4, 0.5) is 5.69 Å². The molecule has 0 aliphatic carbocycles. The van der Waals surface area contributed by atoms with Gasteiger partial charge in [-0.15, -0.1) is 0 Å². The molecule has 1 amide bonds. The number of H-pyrrole nitrogens is 1. The van der Waals surface area contributed by atoms with Gasteiger partial charge in [0.05, 0.1) is 17.4 Å². The molecule has 36 heavy (non-hydrogen) atoms. The van der Waals surface area contributed by atoms with Crippen LogP contribution in [0, 0.1) is 0 Å². The number of nitrogens with zero attached hydrogens (tertiary/aromatic N) is 3. The molecule has 2 aromatic heterocycles. The number of rotatable bonds is 6. The molecule has 0 aliphatic rings. The summed E-state index contributed by atoms with van der Waals surface area (Å²) >= 11 is 5.97. The third-order valence-electron chi connectivity index (χ3n) is 5.32. The number of anilines is 1. The fourth-order valence-electron chi connectivity index (χ4n) is 3.64. The summed E-state index contributed by atoms with van der Waals surface area (Å²) in [6, 6.07) is 20.0. The Morgan fingerprint density at radius 1 is 0.972 bits per heavy atom. The van der Waals surface area contributed by atoms with Crippen LogP contribution in [-0.4, -0.2) is 25.4 Å². The van der Waals surface area contributed by atoms with Gasteiger partial charge in [-0.05, 0) is 60.2 Å². The molecule has 0 unspecified atom stereocenters. The number of nitrogens with one attached hydrogen (secondary N) is 2. The molecule has 9 nitrogen and oxygen atoms in total. The summed E-state index contributed by atoms with van der Waals surface area (Å²) in [7, 11) is 0. The van der Waals surface area contributed by atoms with E-state index in [1.807, 2.05) is 0 Å². The molecular formula is C26H18ClN5O4. The van der Waals surface area contributed by atoms with Crippen molar-refractivity contribution in [2.24, 2.45) is 0 Å². The van der Waals surface area contributed by atoms with E-state index in [9.17, 15) is 14.4 Å². The van der Waals surface area contributed by atoms with E-state index in [1.54, 1.807) is 79.1 Å². The summed E-state index contributed by atoms with van der Waals surface area (Å²) in [5.41, 5.74) is 0.916. The van der Waals surface area contributed by atoms with E-state index in [2.05, 4.69) is 20.3 Å². The van der Waals surface area contributed by atoms with Gasteiger partial charge in [0.15, 0.2) is 0 Å². The monoisotopic (exact) mass is 499 g/mol. The standard InChI is InChI=1S/C26H18ClN5O4/c27-18-6-2-5-17(13-18)23(33)30-19-7-1-4-16(12-19)15-32-24(34)21-14-20(8-9-22(21)31-26(32)35)36-25-28-10-3-11-29-25/h1-14H,15H2,(H,30,33)(H,31,35). The van der Waals surface area contributed by atoms with Crippen molar-refractivity contribution in [2.75, 3.05) is 5.32 Å². The Morgan fingerprint density at radius 3 is 2.58 bits per heavy atom. The Morgan fingerprint density at radius 2 is 1.78 bits per heavy atom. The number of halogens is 1. The Hall–Kier alpha value is -4.76. The van der Waals surface area contributed by atoms with Crippen molar-refractivity contribution in [3.05, 3.63) is 122 Å². The molecule has 5 aromatic rings. The van der Waals surface area contributed by atoms with Crippen LogP contribution >= 0.6 is 11.6 Å². The fraction of sp³-hybridized carbons (Fsp3) is 0.0385. The van der Waals surface area contributed by atoms with Crippen LogP contribution in [0.1, 0.15) is 15.9 Å². The molecule has 2 heterocycles. The maximum absolute atomic E-state index is 13.2. The summed E-state index contributed by atoms with van der Waals surface area (Å²) in [5.74, 6) is 0.0282. The average molecular weight is 500 g/mol. The van der Waals surface area contributed by atoms with Crippen LogP contribution in [0.15, 0.2) is 94.8 Å². The predicted molar refractivity (Wildman–Crippen MR) is 136 cm³/mol. The lowest BCUT2D eigenvalue weighted by molar-refractivity contribution is 0.102. The van der Waals surface area contributed by atoms with Gasteiger partial charge in [-0.3, -0.25) is 14.2 Å².